The third-order valence-corrected chi connectivity index (χ3v) is 4.32. The minimum Gasteiger partial charge on any atom is -0.462 e. The van der Waals surface area contributed by atoms with Crippen molar-refractivity contribution in [3.8, 4) is 0 Å². The summed E-state index contributed by atoms with van der Waals surface area (Å²) in [6.07, 6.45) is 0. The summed E-state index contributed by atoms with van der Waals surface area (Å²) in [7, 11) is 0. The maximum Gasteiger partial charge on any atom is 0.350 e. The number of amides is 2. The number of ether oxygens (including phenoxy) is 2. The molecule has 0 fully saturated rings. The van der Waals surface area contributed by atoms with E-state index in [2.05, 4.69) is 15.6 Å². The number of carbonyl (C=O) groups excluding carboxylic acids is 3. The Bertz CT molecular complexity index is 834. The second kappa shape index (κ2) is 9.79. The van der Waals surface area contributed by atoms with Gasteiger partial charge in [0.1, 0.15) is 18.1 Å². The maximum absolute atomic E-state index is 11.9. The van der Waals surface area contributed by atoms with E-state index in [9.17, 15) is 14.4 Å². The van der Waals surface area contributed by atoms with E-state index in [-0.39, 0.29) is 30.9 Å². The highest BCUT2D eigenvalue weighted by Gasteiger charge is 2.17. The lowest BCUT2D eigenvalue weighted by Crippen LogP contribution is -2.23. The monoisotopic (exact) mass is 391 g/mol. The van der Waals surface area contributed by atoms with Crippen LogP contribution in [0.2, 0.25) is 0 Å². The molecule has 0 atom stereocenters. The molecule has 0 unspecified atom stereocenters. The predicted octanol–water partition coefficient (Wildman–Crippen LogP) is 2.53. The number of hydrogen-bond acceptors (Lipinski definition) is 7. The average Bonchev–Trinajstić information content (AvgIpc) is 2.95. The van der Waals surface area contributed by atoms with Gasteiger partial charge in [0.05, 0.1) is 12.3 Å². The van der Waals surface area contributed by atoms with Crippen LogP contribution in [0.3, 0.4) is 0 Å². The van der Waals surface area contributed by atoms with Crippen molar-refractivity contribution in [2.75, 3.05) is 30.5 Å². The topological polar surface area (TPSA) is 107 Å². The highest BCUT2D eigenvalue weighted by Crippen LogP contribution is 2.23. The first-order valence-electron chi connectivity index (χ1n) is 8.27. The van der Waals surface area contributed by atoms with Crippen molar-refractivity contribution in [1.29, 1.82) is 0 Å². The molecule has 0 saturated carbocycles. The Morgan fingerprint density at radius 1 is 1.11 bits per heavy atom. The molecule has 0 spiro atoms. The zero-order chi connectivity index (χ0) is 19.8. The second-order valence-electron chi connectivity index (χ2n) is 5.61. The predicted molar refractivity (Wildman–Crippen MR) is 102 cm³/mol. The first kappa shape index (κ1) is 20.5. The standard InChI is InChI=1S/C18H21N3O5S/c1-4-26-17(24)16-12(3)19-18(27-16)21-15(23)10-25-9-14(22)20-13-7-5-6-11(2)8-13/h5-8H,4,9-10H2,1-3H3,(H,20,22)(H,19,21,23). The number of anilines is 2. The number of esters is 1. The number of hydrogen-bond donors (Lipinski definition) is 2. The number of carbonyl (C=O) groups is 3. The molecular weight excluding hydrogens is 370 g/mol. The summed E-state index contributed by atoms with van der Waals surface area (Å²) in [5.74, 6) is -1.30. The smallest absolute Gasteiger partial charge is 0.350 e. The molecule has 0 bridgehead atoms. The quantitative estimate of drug-likeness (QED) is 0.670. The van der Waals surface area contributed by atoms with E-state index in [0.29, 0.717) is 16.3 Å². The molecule has 1 aromatic heterocycles. The summed E-state index contributed by atoms with van der Waals surface area (Å²) in [5.41, 5.74) is 2.17. The summed E-state index contributed by atoms with van der Waals surface area (Å²) in [4.78, 5) is 39.9. The molecule has 27 heavy (non-hydrogen) atoms. The Morgan fingerprint density at radius 2 is 1.81 bits per heavy atom. The molecule has 2 amide bonds. The van der Waals surface area contributed by atoms with E-state index >= 15 is 0 Å². The summed E-state index contributed by atoms with van der Waals surface area (Å²) in [6.45, 7) is 4.98. The summed E-state index contributed by atoms with van der Waals surface area (Å²) in [5, 5.41) is 5.49. The van der Waals surface area contributed by atoms with Crippen LogP contribution in [0.15, 0.2) is 24.3 Å². The zero-order valence-corrected chi connectivity index (χ0v) is 16.1. The van der Waals surface area contributed by atoms with Crippen LogP contribution in [0.4, 0.5) is 10.8 Å². The molecule has 144 valence electrons. The molecule has 8 nitrogen and oxygen atoms in total. The number of rotatable bonds is 8. The van der Waals surface area contributed by atoms with Crippen LogP contribution >= 0.6 is 11.3 Å². The van der Waals surface area contributed by atoms with Gasteiger partial charge < -0.3 is 14.8 Å². The van der Waals surface area contributed by atoms with Gasteiger partial charge >= 0.3 is 5.97 Å². The van der Waals surface area contributed by atoms with Crippen molar-refractivity contribution in [1.82, 2.24) is 4.98 Å². The summed E-state index contributed by atoms with van der Waals surface area (Å²) < 4.78 is 10.0. The number of aromatic nitrogens is 1. The number of nitrogens with zero attached hydrogens (tertiary/aromatic N) is 1. The highest BCUT2D eigenvalue weighted by molar-refractivity contribution is 7.17. The van der Waals surface area contributed by atoms with Gasteiger partial charge in [-0.2, -0.15) is 0 Å². The van der Waals surface area contributed by atoms with Gasteiger partial charge in [0, 0.05) is 5.69 Å². The van der Waals surface area contributed by atoms with E-state index in [1.165, 1.54) is 0 Å². The number of thiazole rings is 1. The fourth-order valence-electron chi connectivity index (χ4n) is 2.15. The molecule has 0 aliphatic heterocycles. The van der Waals surface area contributed by atoms with Gasteiger partial charge in [0.25, 0.3) is 5.91 Å². The minimum atomic E-state index is -0.475. The first-order valence-corrected chi connectivity index (χ1v) is 9.09. The van der Waals surface area contributed by atoms with Gasteiger partial charge in [-0.1, -0.05) is 23.5 Å². The second-order valence-corrected chi connectivity index (χ2v) is 6.61. The molecule has 1 heterocycles. The Labute approximate surface area is 160 Å². The third kappa shape index (κ3) is 6.46. The highest BCUT2D eigenvalue weighted by atomic mass is 32.1. The van der Waals surface area contributed by atoms with Gasteiger partial charge in [0.2, 0.25) is 5.91 Å². The van der Waals surface area contributed by atoms with E-state index < -0.39 is 11.9 Å². The van der Waals surface area contributed by atoms with Crippen molar-refractivity contribution < 1.29 is 23.9 Å². The molecule has 0 aliphatic rings. The molecule has 2 rings (SSSR count). The first-order chi connectivity index (χ1) is 12.9. The third-order valence-electron chi connectivity index (χ3n) is 3.27. The van der Waals surface area contributed by atoms with Gasteiger partial charge in [-0.3, -0.25) is 14.9 Å². The Hall–Kier alpha value is -2.78. The van der Waals surface area contributed by atoms with Crippen LogP contribution < -0.4 is 10.6 Å². The van der Waals surface area contributed by atoms with Crippen molar-refractivity contribution in [2.45, 2.75) is 20.8 Å². The minimum absolute atomic E-state index is 0.258. The molecular formula is C18H21N3O5S. The summed E-state index contributed by atoms with van der Waals surface area (Å²) in [6, 6.07) is 7.35. The lowest BCUT2D eigenvalue weighted by molar-refractivity contribution is -0.125. The van der Waals surface area contributed by atoms with E-state index in [1.807, 2.05) is 25.1 Å². The molecule has 2 N–H and O–H groups in total. The van der Waals surface area contributed by atoms with Crippen LogP contribution in [-0.4, -0.2) is 42.6 Å². The Morgan fingerprint density at radius 3 is 2.48 bits per heavy atom. The maximum atomic E-state index is 11.9. The lowest BCUT2D eigenvalue weighted by Gasteiger charge is -2.07. The van der Waals surface area contributed by atoms with Crippen molar-refractivity contribution in [3.05, 3.63) is 40.4 Å². The average molecular weight is 391 g/mol. The summed E-state index contributed by atoms with van der Waals surface area (Å²) >= 11 is 1.03. The van der Waals surface area contributed by atoms with Crippen LogP contribution in [-0.2, 0) is 19.1 Å². The number of nitrogens with one attached hydrogen (secondary N) is 2. The normalized spacial score (nSPS) is 10.3. The van der Waals surface area contributed by atoms with E-state index in [1.54, 1.807) is 19.9 Å². The van der Waals surface area contributed by atoms with Gasteiger partial charge in [-0.15, -0.1) is 0 Å². The van der Waals surface area contributed by atoms with Crippen LogP contribution in [0.25, 0.3) is 0 Å². The van der Waals surface area contributed by atoms with Crippen molar-refractivity contribution in [2.24, 2.45) is 0 Å². The van der Waals surface area contributed by atoms with Gasteiger partial charge in [-0.05, 0) is 38.5 Å². The SMILES string of the molecule is CCOC(=O)c1sc(NC(=O)COCC(=O)Nc2cccc(C)c2)nc1C. The largest absolute Gasteiger partial charge is 0.462 e. The van der Waals surface area contributed by atoms with E-state index in [4.69, 9.17) is 9.47 Å². The molecule has 0 saturated heterocycles. The molecule has 0 radical (unpaired) electrons. The van der Waals surface area contributed by atoms with Gasteiger partial charge in [0.15, 0.2) is 5.13 Å². The van der Waals surface area contributed by atoms with Crippen LogP contribution in [0.5, 0.6) is 0 Å². The fraction of sp³-hybridized carbons (Fsp3) is 0.333. The van der Waals surface area contributed by atoms with Gasteiger partial charge in [-0.25, -0.2) is 9.78 Å². The van der Waals surface area contributed by atoms with Crippen LogP contribution in [0, 0.1) is 13.8 Å². The lowest BCUT2D eigenvalue weighted by atomic mass is 10.2. The Kier molecular flexibility index (Phi) is 7.44. The molecule has 1 aromatic carbocycles. The van der Waals surface area contributed by atoms with Crippen LogP contribution in [0.1, 0.15) is 27.9 Å². The fourth-order valence-corrected chi connectivity index (χ4v) is 3.02. The number of aryl methyl sites for hydroxylation is 2. The molecule has 9 heteroatoms. The molecule has 0 aliphatic carbocycles. The Balaban J connectivity index is 1.77. The van der Waals surface area contributed by atoms with Crippen molar-refractivity contribution in [3.63, 3.8) is 0 Å². The molecule has 2 aromatic rings. The van der Waals surface area contributed by atoms with E-state index in [0.717, 1.165) is 16.9 Å². The zero-order valence-electron chi connectivity index (χ0n) is 15.3. The number of benzene rings is 1. The van der Waals surface area contributed by atoms with Crippen molar-refractivity contribution >= 4 is 39.9 Å².